The van der Waals surface area contributed by atoms with Gasteiger partial charge in [0, 0.05) is 13.0 Å². The van der Waals surface area contributed by atoms with Crippen molar-refractivity contribution in [1.82, 2.24) is 10.3 Å². The smallest absolute Gasteiger partial charge is 0.220 e. The number of amides is 1. The lowest BCUT2D eigenvalue weighted by Gasteiger charge is -2.06. The van der Waals surface area contributed by atoms with Crippen LogP contribution in [0.15, 0.2) is 53.3 Å². The van der Waals surface area contributed by atoms with Crippen molar-refractivity contribution in [1.29, 1.82) is 0 Å². The molecule has 2 aromatic carbocycles. The fourth-order valence-corrected chi connectivity index (χ4v) is 2.25. The molecule has 112 valence electrons. The van der Waals surface area contributed by atoms with Crippen molar-refractivity contribution in [3.8, 4) is 0 Å². The maximum Gasteiger partial charge on any atom is 0.220 e. The highest BCUT2D eigenvalue weighted by molar-refractivity contribution is 5.76. The van der Waals surface area contributed by atoms with Gasteiger partial charge in [-0.3, -0.25) is 4.79 Å². The van der Waals surface area contributed by atoms with Crippen LogP contribution in [0.4, 0.5) is 4.39 Å². The lowest BCUT2D eigenvalue weighted by molar-refractivity contribution is -0.121. The second kappa shape index (κ2) is 6.39. The van der Waals surface area contributed by atoms with Gasteiger partial charge in [0.1, 0.15) is 11.3 Å². The molecule has 0 unspecified atom stereocenters. The molecule has 5 heteroatoms. The number of hydrogen-bond donors (Lipinski definition) is 1. The summed E-state index contributed by atoms with van der Waals surface area (Å²) >= 11 is 0. The normalized spacial score (nSPS) is 10.8. The molecule has 0 saturated heterocycles. The average Bonchev–Trinajstić information content (AvgIpc) is 2.99. The Morgan fingerprint density at radius 2 is 2.09 bits per heavy atom. The van der Waals surface area contributed by atoms with E-state index < -0.39 is 0 Å². The van der Waals surface area contributed by atoms with E-state index in [1.54, 1.807) is 18.2 Å². The molecule has 1 heterocycles. The maximum absolute atomic E-state index is 13.5. The number of nitrogens with one attached hydrogen (secondary N) is 1. The molecule has 1 amide bonds. The third-order valence-corrected chi connectivity index (χ3v) is 3.46. The number of oxazole rings is 1. The molecule has 0 aliphatic carbocycles. The summed E-state index contributed by atoms with van der Waals surface area (Å²) < 4.78 is 18.7. The quantitative estimate of drug-likeness (QED) is 0.787. The van der Waals surface area contributed by atoms with Gasteiger partial charge in [-0.15, -0.1) is 0 Å². The summed E-state index contributed by atoms with van der Waals surface area (Å²) in [5, 5.41) is 2.82. The number of carbonyl (C=O) groups excluding carboxylic acids is 1. The molecule has 4 nitrogen and oxygen atoms in total. The molecule has 1 N–H and O–H groups in total. The predicted molar refractivity (Wildman–Crippen MR) is 80.6 cm³/mol. The highest BCUT2D eigenvalue weighted by atomic mass is 19.1. The lowest BCUT2D eigenvalue weighted by atomic mass is 10.1. The molecule has 0 fully saturated rings. The number of benzene rings is 2. The van der Waals surface area contributed by atoms with Crippen molar-refractivity contribution < 1.29 is 13.6 Å². The minimum Gasteiger partial charge on any atom is -0.443 e. The van der Waals surface area contributed by atoms with Gasteiger partial charge in [-0.1, -0.05) is 24.3 Å². The van der Waals surface area contributed by atoms with Crippen LogP contribution in [0.2, 0.25) is 0 Å². The molecule has 1 aromatic heterocycles. The Balaban J connectivity index is 1.52. The molecule has 0 saturated carbocycles. The van der Waals surface area contributed by atoms with E-state index in [2.05, 4.69) is 10.3 Å². The highest BCUT2D eigenvalue weighted by Crippen LogP contribution is 2.14. The zero-order valence-corrected chi connectivity index (χ0v) is 11.9. The first kappa shape index (κ1) is 14.3. The van der Waals surface area contributed by atoms with Crippen LogP contribution in [0.3, 0.4) is 0 Å². The monoisotopic (exact) mass is 298 g/mol. The van der Waals surface area contributed by atoms with Crippen molar-refractivity contribution in [2.75, 3.05) is 0 Å². The molecule has 22 heavy (non-hydrogen) atoms. The predicted octanol–water partition coefficient (Wildman–Crippen LogP) is 3.22. The van der Waals surface area contributed by atoms with E-state index in [1.165, 1.54) is 12.5 Å². The first-order valence-electron chi connectivity index (χ1n) is 7.04. The van der Waals surface area contributed by atoms with Crippen LogP contribution >= 0.6 is 0 Å². The standard InChI is InChI=1S/C17H15FN2O2/c18-14-4-2-1-3-13(14)6-8-17(21)19-10-12-5-7-15-16(9-12)22-11-20-15/h1-5,7,9,11H,6,8,10H2,(H,19,21). The molecule has 0 spiro atoms. The van der Waals surface area contributed by atoms with Crippen molar-refractivity contribution in [2.24, 2.45) is 0 Å². The van der Waals surface area contributed by atoms with Crippen molar-refractivity contribution in [2.45, 2.75) is 19.4 Å². The van der Waals surface area contributed by atoms with Crippen molar-refractivity contribution in [3.63, 3.8) is 0 Å². The number of aromatic nitrogens is 1. The number of fused-ring (bicyclic) bond motifs is 1. The number of aryl methyl sites for hydroxylation is 1. The molecular weight excluding hydrogens is 283 g/mol. The van der Waals surface area contributed by atoms with Gasteiger partial charge >= 0.3 is 0 Å². The van der Waals surface area contributed by atoms with Gasteiger partial charge in [0.15, 0.2) is 12.0 Å². The van der Waals surface area contributed by atoms with Crippen LogP contribution in [-0.2, 0) is 17.8 Å². The van der Waals surface area contributed by atoms with Crippen LogP contribution in [-0.4, -0.2) is 10.9 Å². The number of nitrogens with zero attached hydrogens (tertiary/aromatic N) is 1. The molecule has 3 rings (SSSR count). The first-order valence-corrected chi connectivity index (χ1v) is 7.04. The van der Waals surface area contributed by atoms with Gasteiger partial charge in [0.2, 0.25) is 5.91 Å². The van der Waals surface area contributed by atoms with Crippen LogP contribution in [0, 0.1) is 5.82 Å². The van der Waals surface area contributed by atoms with Crippen LogP contribution in [0.5, 0.6) is 0 Å². The van der Waals surface area contributed by atoms with E-state index >= 15 is 0 Å². The third-order valence-electron chi connectivity index (χ3n) is 3.46. The van der Waals surface area contributed by atoms with Crippen molar-refractivity contribution >= 4 is 17.0 Å². The van der Waals surface area contributed by atoms with Crippen LogP contribution < -0.4 is 5.32 Å². The number of halogens is 1. The third kappa shape index (κ3) is 3.31. The second-order valence-corrected chi connectivity index (χ2v) is 5.02. The number of carbonyl (C=O) groups is 1. The summed E-state index contributed by atoms with van der Waals surface area (Å²) in [5.74, 6) is -0.382. The minimum atomic E-state index is -0.272. The topological polar surface area (TPSA) is 55.1 Å². The molecule has 0 aliphatic rings. The minimum absolute atomic E-state index is 0.110. The molecule has 0 radical (unpaired) electrons. The van der Waals surface area contributed by atoms with Gasteiger partial charge < -0.3 is 9.73 Å². The molecule has 0 bridgehead atoms. The van der Waals surface area contributed by atoms with Gasteiger partial charge in [0.05, 0.1) is 0 Å². The van der Waals surface area contributed by atoms with E-state index in [9.17, 15) is 9.18 Å². The highest BCUT2D eigenvalue weighted by Gasteiger charge is 2.06. The van der Waals surface area contributed by atoms with E-state index in [0.717, 1.165) is 11.1 Å². The van der Waals surface area contributed by atoms with Crippen LogP contribution in [0.25, 0.3) is 11.1 Å². The Morgan fingerprint density at radius 3 is 2.95 bits per heavy atom. The Bertz CT molecular complexity index is 798. The Labute approximate surface area is 127 Å². The maximum atomic E-state index is 13.5. The van der Waals surface area contributed by atoms with E-state index in [-0.39, 0.29) is 18.1 Å². The van der Waals surface area contributed by atoms with Gasteiger partial charge in [-0.05, 0) is 35.7 Å². The Kier molecular flexibility index (Phi) is 4.14. The lowest BCUT2D eigenvalue weighted by Crippen LogP contribution is -2.23. The fraction of sp³-hybridized carbons (Fsp3) is 0.176. The second-order valence-electron chi connectivity index (χ2n) is 5.02. The SMILES string of the molecule is O=C(CCc1ccccc1F)NCc1ccc2ncoc2c1. The van der Waals surface area contributed by atoms with E-state index in [1.807, 2.05) is 18.2 Å². The summed E-state index contributed by atoms with van der Waals surface area (Å²) in [4.78, 5) is 15.9. The summed E-state index contributed by atoms with van der Waals surface area (Å²) in [5.41, 5.74) is 2.97. The number of rotatable bonds is 5. The van der Waals surface area contributed by atoms with E-state index in [0.29, 0.717) is 24.1 Å². The molecule has 0 atom stereocenters. The summed E-state index contributed by atoms with van der Waals surface area (Å²) in [7, 11) is 0. The first-order chi connectivity index (χ1) is 10.7. The summed E-state index contributed by atoms with van der Waals surface area (Å²) in [6.45, 7) is 0.409. The largest absolute Gasteiger partial charge is 0.443 e. The van der Waals surface area contributed by atoms with Gasteiger partial charge in [0.25, 0.3) is 0 Å². The molecule has 0 aliphatic heterocycles. The Morgan fingerprint density at radius 1 is 1.23 bits per heavy atom. The van der Waals surface area contributed by atoms with Crippen molar-refractivity contribution in [3.05, 3.63) is 65.8 Å². The fourth-order valence-electron chi connectivity index (χ4n) is 2.25. The summed E-state index contributed by atoms with van der Waals surface area (Å²) in [6, 6.07) is 12.1. The van der Waals surface area contributed by atoms with Gasteiger partial charge in [-0.25, -0.2) is 9.37 Å². The zero-order chi connectivity index (χ0) is 15.4. The van der Waals surface area contributed by atoms with E-state index in [4.69, 9.17) is 4.42 Å². The van der Waals surface area contributed by atoms with Crippen LogP contribution in [0.1, 0.15) is 17.5 Å². The zero-order valence-electron chi connectivity index (χ0n) is 11.9. The average molecular weight is 298 g/mol. The number of hydrogen-bond acceptors (Lipinski definition) is 3. The Hall–Kier alpha value is -2.69. The van der Waals surface area contributed by atoms with Gasteiger partial charge in [-0.2, -0.15) is 0 Å². The summed E-state index contributed by atoms with van der Waals surface area (Å²) in [6.07, 6.45) is 2.03. The molecular formula is C17H15FN2O2. The molecule has 3 aromatic rings.